The first-order valence-electron chi connectivity index (χ1n) is 9.77. The maximum absolute atomic E-state index is 5.86. The molecule has 0 radical (unpaired) electrons. The van der Waals surface area contributed by atoms with Gasteiger partial charge in [0.15, 0.2) is 0 Å². The highest BCUT2D eigenvalue weighted by atomic mass is 32.1. The Morgan fingerprint density at radius 3 is 2.50 bits per heavy atom. The molecular weight excluding hydrogens is 390 g/mol. The van der Waals surface area contributed by atoms with Gasteiger partial charge in [0, 0.05) is 29.7 Å². The minimum Gasteiger partial charge on any atom is -0.330 e. The molecule has 0 saturated heterocycles. The van der Waals surface area contributed by atoms with E-state index in [0.29, 0.717) is 6.54 Å². The largest absolute Gasteiger partial charge is 0.330 e. The third kappa shape index (κ3) is 4.35. The van der Waals surface area contributed by atoms with Crippen molar-refractivity contribution < 1.29 is 0 Å². The fourth-order valence-corrected chi connectivity index (χ4v) is 3.73. The van der Waals surface area contributed by atoms with Crippen LogP contribution >= 0.6 is 12.8 Å². The first-order valence-corrected chi connectivity index (χ1v) is 10.2. The molecule has 0 bridgehead atoms. The van der Waals surface area contributed by atoms with E-state index < -0.39 is 0 Å². The number of rotatable bonds is 6. The number of benzene rings is 1. The Kier molecular flexibility index (Phi) is 6.07. The SMILES string of the molecule is CC1=CC(/C=C/c2ccc(-c3cncnc3)cc2)=NC/1=C(/CCN)c1cccn1S. The minimum absolute atomic E-state index is 0.560. The third-order valence-electron chi connectivity index (χ3n) is 4.95. The number of thiol groups is 1. The van der Waals surface area contributed by atoms with Gasteiger partial charge in [-0.25, -0.2) is 15.0 Å². The Hall–Kier alpha value is -3.22. The van der Waals surface area contributed by atoms with Crippen molar-refractivity contribution in [3.63, 3.8) is 0 Å². The second-order valence-corrected chi connectivity index (χ2v) is 7.48. The molecule has 0 aliphatic carbocycles. The van der Waals surface area contributed by atoms with E-state index in [-0.39, 0.29) is 0 Å². The van der Waals surface area contributed by atoms with Gasteiger partial charge in [0.05, 0.1) is 17.1 Å². The summed E-state index contributed by atoms with van der Waals surface area (Å²) in [5, 5.41) is 0. The van der Waals surface area contributed by atoms with Gasteiger partial charge in [-0.2, -0.15) is 0 Å². The van der Waals surface area contributed by atoms with Crippen LogP contribution in [-0.2, 0) is 0 Å². The molecule has 1 aliphatic rings. The number of nitrogens with zero attached hydrogens (tertiary/aromatic N) is 4. The molecular formula is C24H23N5S. The summed E-state index contributed by atoms with van der Waals surface area (Å²) >= 11 is 4.50. The molecule has 0 amide bonds. The predicted molar refractivity (Wildman–Crippen MR) is 127 cm³/mol. The Balaban J connectivity index is 1.58. The van der Waals surface area contributed by atoms with Gasteiger partial charge in [0.1, 0.15) is 6.33 Å². The smallest absolute Gasteiger partial charge is 0.115 e. The van der Waals surface area contributed by atoms with Crippen molar-refractivity contribution in [2.75, 3.05) is 6.54 Å². The second-order valence-electron chi connectivity index (χ2n) is 7.05. The summed E-state index contributed by atoms with van der Waals surface area (Å²) in [6.07, 6.45) is 14.0. The van der Waals surface area contributed by atoms with Crippen LogP contribution in [0.15, 0.2) is 89.7 Å². The lowest BCUT2D eigenvalue weighted by Crippen LogP contribution is -2.03. The Bertz CT molecular complexity index is 1150. The van der Waals surface area contributed by atoms with E-state index >= 15 is 0 Å². The predicted octanol–water partition coefficient (Wildman–Crippen LogP) is 4.81. The fourth-order valence-electron chi connectivity index (χ4n) is 3.47. The molecule has 0 unspecified atom stereocenters. The molecule has 1 aliphatic heterocycles. The third-order valence-corrected chi connectivity index (χ3v) is 5.30. The summed E-state index contributed by atoms with van der Waals surface area (Å²) in [5.41, 5.74) is 14.2. The lowest BCUT2D eigenvalue weighted by Gasteiger charge is -2.10. The van der Waals surface area contributed by atoms with E-state index in [1.165, 1.54) is 6.33 Å². The van der Waals surface area contributed by atoms with Gasteiger partial charge >= 0.3 is 0 Å². The van der Waals surface area contributed by atoms with Crippen LogP contribution in [0.5, 0.6) is 0 Å². The van der Waals surface area contributed by atoms with Gasteiger partial charge in [0.25, 0.3) is 0 Å². The average molecular weight is 414 g/mol. The summed E-state index contributed by atoms with van der Waals surface area (Å²) < 4.78 is 1.81. The van der Waals surface area contributed by atoms with E-state index in [4.69, 9.17) is 10.7 Å². The topological polar surface area (TPSA) is 69.1 Å². The van der Waals surface area contributed by atoms with Crippen LogP contribution in [-0.4, -0.2) is 26.2 Å². The zero-order valence-corrected chi connectivity index (χ0v) is 17.6. The van der Waals surface area contributed by atoms with Gasteiger partial charge in [-0.1, -0.05) is 43.2 Å². The second kappa shape index (κ2) is 9.07. The molecule has 3 heterocycles. The Morgan fingerprint density at radius 2 is 1.83 bits per heavy atom. The molecule has 150 valence electrons. The van der Waals surface area contributed by atoms with E-state index in [9.17, 15) is 0 Å². The van der Waals surface area contributed by atoms with Gasteiger partial charge in [-0.3, -0.25) is 3.97 Å². The molecule has 0 saturated carbocycles. The summed E-state index contributed by atoms with van der Waals surface area (Å²) in [4.78, 5) is 13.0. The molecule has 0 fully saturated rings. The summed E-state index contributed by atoms with van der Waals surface area (Å²) in [5.74, 6) is 0. The van der Waals surface area contributed by atoms with Gasteiger partial charge in [-0.15, -0.1) is 0 Å². The number of nitrogens with two attached hydrogens (primary N) is 1. The molecule has 3 aromatic rings. The molecule has 2 N–H and O–H groups in total. The van der Waals surface area contributed by atoms with Crippen molar-refractivity contribution in [3.8, 4) is 11.1 Å². The summed E-state index contributed by atoms with van der Waals surface area (Å²) in [6.45, 7) is 2.64. The van der Waals surface area contributed by atoms with Crippen molar-refractivity contribution in [1.29, 1.82) is 0 Å². The highest BCUT2D eigenvalue weighted by molar-refractivity contribution is 7.78. The first-order chi connectivity index (χ1) is 14.7. The van der Waals surface area contributed by atoms with E-state index in [0.717, 1.165) is 51.4 Å². The van der Waals surface area contributed by atoms with Crippen molar-refractivity contribution in [3.05, 3.63) is 96.0 Å². The highest BCUT2D eigenvalue weighted by Gasteiger charge is 2.17. The number of hydrogen-bond donors (Lipinski definition) is 2. The fraction of sp³-hybridized carbons (Fsp3) is 0.125. The van der Waals surface area contributed by atoms with Crippen LogP contribution < -0.4 is 5.73 Å². The number of aromatic nitrogens is 3. The molecule has 2 aromatic heterocycles. The van der Waals surface area contributed by atoms with Crippen molar-refractivity contribution in [2.45, 2.75) is 13.3 Å². The van der Waals surface area contributed by atoms with Gasteiger partial charge in [-0.05, 0) is 60.9 Å². The minimum atomic E-state index is 0.560. The van der Waals surface area contributed by atoms with Gasteiger partial charge < -0.3 is 5.73 Å². The lowest BCUT2D eigenvalue weighted by molar-refractivity contribution is 0.999. The van der Waals surface area contributed by atoms with Crippen LogP contribution in [0.2, 0.25) is 0 Å². The first kappa shape index (κ1) is 20.1. The van der Waals surface area contributed by atoms with Crippen molar-refractivity contribution >= 4 is 30.2 Å². The van der Waals surface area contributed by atoms with Crippen LogP contribution in [0, 0.1) is 0 Å². The van der Waals surface area contributed by atoms with Crippen LogP contribution in [0.3, 0.4) is 0 Å². The zero-order valence-electron chi connectivity index (χ0n) is 16.7. The molecule has 1 aromatic carbocycles. The average Bonchev–Trinajstić information content (AvgIpc) is 3.37. The Labute approximate surface area is 182 Å². The van der Waals surface area contributed by atoms with Crippen LogP contribution in [0.25, 0.3) is 22.8 Å². The molecule has 5 nitrogen and oxygen atoms in total. The Morgan fingerprint density at radius 1 is 1.07 bits per heavy atom. The highest BCUT2D eigenvalue weighted by Crippen LogP contribution is 2.31. The summed E-state index contributed by atoms with van der Waals surface area (Å²) in [6, 6.07) is 12.3. The zero-order chi connectivity index (χ0) is 20.9. The van der Waals surface area contributed by atoms with E-state index in [2.05, 4.69) is 66.1 Å². The molecule has 0 spiro atoms. The number of aliphatic imine (C=N–C) groups is 1. The molecule has 0 atom stereocenters. The molecule has 6 heteroatoms. The van der Waals surface area contributed by atoms with Crippen LogP contribution in [0.1, 0.15) is 24.6 Å². The normalized spacial score (nSPS) is 15.4. The quantitative estimate of drug-likeness (QED) is 0.570. The van der Waals surface area contributed by atoms with E-state index in [1.54, 1.807) is 0 Å². The van der Waals surface area contributed by atoms with Crippen LogP contribution in [0.4, 0.5) is 0 Å². The maximum Gasteiger partial charge on any atom is 0.115 e. The van der Waals surface area contributed by atoms with Crippen molar-refractivity contribution in [2.24, 2.45) is 10.7 Å². The van der Waals surface area contributed by atoms with Gasteiger partial charge in [0.2, 0.25) is 0 Å². The summed E-state index contributed by atoms with van der Waals surface area (Å²) in [7, 11) is 0. The standard InChI is InChI=1S/C24H23N5S/c1-17-13-21(28-24(17)22(10-11-25)23-3-2-12-29(23)30)9-6-18-4-7-19(8-5-18)20-14-26-16-27-15-20/h2-9,12-16,30H,10-11,25H2,1H3/b9-6+,24-22-. The molecule has 4 rings (SSSR count). The lowest BCUT2D eigenvalue weighted by atomic mass is 10.0. The van der Waals surface area contributed by atoms with Crippen molar-refractivity contribution in [1.82, 2.24) is 13.9 Å². The molecule has 30 heavy (non-hydrogen) atoms. The maximum atomic E-state index is 5.86. The van der Waals surface area contributed by atoms with E-state index in [1.807, 2.05) is 40.8 Å². The number of hydrogen-bond acceptors (Lipinski definition) is 5. The monoisotopic (exact) mass is 413 g/mol. The number of allylic oxidation sites excluding steroid dienone is 3.